The predicted molar refractivity (Wildman–Crippen MR) is 92.8 cm³/mol. The molecule has 2 N–H and O–H groups in total. The third kappa shape index (κ3) is 3.68. The van der Waals surface area contributed by atoms with Gasteiger partial charge in [0, 0.05) is 30.1 Å². The SMILES string of the molecule is CC(=O)Nc1ccc(CNC(=O)c2oc3ccc(F)cc3c2C)cc1. The zero-order valence-electron chi connectivity index (χ0n) is 13.9. The van der Waals surface area contributed by atoms with Gasteiger partial charge in [-0.05, 0) is 42.8 Å². The minimum absolute atomic E-state index is 0.141. The molecule has 0 fully saturated rings. The molecule has 3 rings (SSSR count). The van der Waals surface area contributed by atoms with Crippen LogP contribution in [0.3, 0.4) is 0 Å². The topological polar surface area (TPSA) is 71.3 Å². The number of nitrogens with one attached hydrogen (secondary N) is 2. The largest absolute Gasteiger partial charge is 0.451 e. The van der Waals surface area contributed by atoms with Gasteiger partial charge in [0.15, 0.2) is 5.76 Å². The Morgan fingerprint density at radius 2 is 1.84 bits per heavy atom. The molecule has 2 aromatic carbocycles. The number of carbonyl (C=O) groups excluding carboxylic acids is 2. The fourth-order valence-electron chi connectivity index (χ4n) is 2.58. The third-order valence-corrected chi connectivity index (χ3v) is 3.83. The summed E-state index contributed by atoms with van der Waals surface area (Å²) in [5, 5.41) is 6.04. The van der Waals surface area contributed by atoms with Gasteiger partial charge < -0.3 is 15.1 Å². The van der Waals surface area contributed by atoms with Crippen molar-refractivity contribution in [1.82, 2.24) is 5.32 Å². The quantitative estimate of drug-likeness (QED) is 0.759. The Kier molecular flexibility index (Phi) is 4.52. The fourth-order valence-corrected chi connectivity index (χ4v) is 2.58. The van der Waals surface area contributed by atoms with Gasteiger partial charge in [0.05, 0.1) is 0 Å². The zero-order chi connectivity index (χ0) is 18.0. The standard InChI is InChI=1S/C19H17FN2O3/c1-11-16-9-14(20)5-8-17(16)25-18(11)19(24)21-10-13-3-6-15(7-4-13)22-12(2)23/h3-9H,10H2,1-2H3,(H,21,24)(H,22,23). The Morgan fingerprint density at radius 3 is 2.52 bits per heavy atom. The number of furan rings is 1. The Balaban J connectivity index is 1.70. The molecule has 0 unspecified atom stereocenters. The Morgan fingerprint density at radius 1 is 1.12 bits per heavy atom. The summed E-state index contributed by atoms with van der Waals surface area (Å²) in [6.07, 6.45) is 0. The van der Waals surface area contributed by atoms with E-state index in [0.29, 0.717) is 28.8 Å². The van der Waals surface area contributed by atoms with Crippen molar-refractivity contribution in [3.8, 4) is 0 Å². The van der Waals surface area contributed by atoms with Crippen molar-refractivity contribution in [2.45, 2.75) is 20.4 Å². The molecule has 0 bridgehead atoms. The minimum atomic E-state index is -0.373. The van der Waals surface area contributed by atoms with Crippen LogP contribution in [-0.2, 0) is 11.3 Å². The Hall–Kier alpha value is -3.15. The summed E-state index contributed by atoms with van der Waals surface area (Å²) < 4.78 is 18.9. The van der Waals surface area contributed by atoms with Crippen LogP contribution in [0, 0.1) is 12.7 Å². The summed E-state index contributed by atoms with van der Waals surface area (Å²) in [7, 11) is 0. The van der Waals surface area contributed by atoms with Gasteiger partial charge >= 0.3 is 0 Å². The van der Waals surface area contributed by atoms with E-state index in [1.165, 1.54) is 25.1 Å². The molecule has 0 saturated carbocycles. The number of anilines is 1. The van der Waals surface area contributed by atoms with Gasteiger partial charge in [0.25, 0.3) is 5.91 Å². The van der Waals surface area contributed by atoms with E-state index in [-0.39, 0.29) is 23.4 Å². The number of rotatable bonds is 4. The molecule has 1 aromatic heterocycles. The first-order valence-corrected chi connectivity index (χ1v) is 7.77. The van der Waals surface area contributed by atoms with Crippen molar-refractivity contribution < 1.29 is 18.4 Å². The molecule has 0 spiro atoms. The Labute approximate surface area is 143 Å². The lowest BCUT2D eigenvalue weighted by Crippen LogP contribution is -2.22. The first-order valence-electron chi connectivity index (χ1n) is 7.77. The summed E-state index contributed by atoms with van der Waals surface area (Å²) in [6.45, 7) is 3.47. The molecule has 0 aliphatic rings. The number of fused-ring (bicyclic) bond motifs is 1. The number of hydrogen-bond acceptors (Lipinski definition) is 3. The molecule has 0 aliphatic heterocycles. The number of aryl methyl sites for hydroxylation is 1. The maximum Gasteiger partial charge on any atom is 0.287 e. The molecular weight excluding hydrogens is 323 g/mol. The molecule has 0 aliphatic carbocycles. The molecule has 0 saturated heterocycles. The number of carbonyl (C=O) groups is 2. The van der Waals surface area contributed by atoms with Crippen LogP contribution < -0.4 is 10.6 Å². The highest BCUT2D eigenvalue weighted by atomic mass is 19.1. The minimum Gasteiger partial charge on any atom is -0.451 e. The molecular formula is C19H17FN2O3. The second-order valence-electron chi connectivity index (χ2n) is 5.76. The van der Waals surface area contributed by atoms with Crippen LogP contribution in [0.4, 0.5) is 10.1 Å². The monoisotopic (exact) mass is 340 g/mol. The van der Waals surface area contributed by atoms with Gasteiger partial charge in [-0.25, -0.2) is 4.39 Å². The predicted octanol–water partition coefficient (Wildman–Crippen LogP) is 3.77. The molecule has 6 heteroatoms. The average Bonchev–Trinajstić information content (AvgIpc) is 2.90. The van der Waals surface area contributed by atoms with Crippen LogP contribution in [-0.4, -0.2) is 11.8 Å². The summed E-state index contributed by atoms with van der Waals surface area (Å²) in [6, 6.07) is 11.3. The van der Waals surface area contributed by atoms with E-state index < -0.39 is 0 Å². The van der Waals surface area contributed by atoms with Crippen LogP contribution in [0.15, 0.2) is 46.9 Å². The summed E-state index contributed by atoms with van der Waals surface area (Å²) in [5.74, 6) is -0.698. The molecule has 0 atom stereocenters. The Bertz CT molecular complexity index is 945. The molecule has 3 aromatic rings. The van der Waals surface area contributed by atoms with Crippen LogP contribution >= 0.6 is 0 Å². The van der Waals surface area contributed by atoms with Gasteiger partial charge in [0.1, 0.15) is 11.4 Å². The van der Waals surface area contributed by atoms with E-state index in [1.54, 1.807) is 19.1 Å². The number of benzene rings is 2. The molecule has 5 nitrogen and oxygen atoms in total. The normalized spacial score (nSPS) is 10.7. The van der Waals surface area contributed by atoms with E-state index in [2.05, 4.69) is 10.6 Å². The van der Waals surface area contributed by atoms with Gasteiger partial charge in [-0.1, -0.05) is 12.1 Å². The molecule has 1 heterocycles. The highest BCUT2D eigenvalue weighted by Crippen LogP contribution is 2.26. The van der Waals surface area contributed by atoms with Crippen LogP contribution in [0.25, 0.3) is 11.0 Å². The van der Waals surface area contributed by atoms with Gasteiger partial charge in [-0.3, -0.25) is 9.59 Å². The highest BCUT2D eigenvalue weighted by molar-refractivity contribution is 5.98. The summed E-state index contributed by atoms with van der Waals surface area (Å²) >= 11 is 0. The number of hydrogen-bond donors (Lipinski definition) is 2. The zero-order valence-corrected chi connectivity index (χ0v) is 13.9. The maximum absolute atomic E-state index is 13.3. The molecule has 0 radical (unpaired) electrons. The van der Waals surface area contributed by atoms with E-state index in [0.717, 1.165) is 5.56 Å². The van der Waals surface area contributed by atoms with E-state index in [9.17, 15) is 14.0 Å². The number of amides is 2. The van der Waals surface area contributed by atoms with Crippen molar-refractivity contribution in [3.05, 3.63) is 65.2 Å². The molecule has 25 heavy (non-hydrogen) atoms. The van der Waals surface area contributed by atoms with Crippen LogP contribution in [0.5, 0.6) is 0 Å². The van der Waals surface area contributed by atoms with Crippen LogP contribution in [0.1, 0.15) is 28.6 Å². The lowest BCUT2D eigenvalue weighted by atomic mass is 10.1. The van der Waals surface area contributed by atoms with Gasteiger partial charge in [-0.15, -0.1) is 0 Å². The lowest BCUT2D eigenvalue weighted by molar-refractivity contribution is -0.114. The van der Waals surface area contributed by atoms with E-state index in [1.807, 2.05) is 12.1 Å². The first kappa shape index (κ1) is 16.7. The maximum atomic E-state index is 13.3. The third-order valence-electron chi connectivity index (χ3n) is 3.83. The smallest absolute Gasteiger partial charge is 0.287 e. The fraction of sp³-hybridized carbons (Fsp3) is 0.158. The van der Waals surface area contributed by atoms with E-state index in [4.69, 9.17) is 4.42 Å². The molecule has 2 amide bonds. The van der Waals surface area contributed by atoms with Crippen molar-refractivity contribution >= 4 is 28.5 Å². The highest BCUT2D eigenvalue weighted by Gasteiger charge is 2.17. The average molecular weight is 340 g/mol. The first-order chi connectivity index (χ1) is 11.9. The van der Waals surface area contributed by atoms with Crippen molar-refractivity contribution in [3.63, 3.8) is 0 Å². The second kappa shape index (κ2) is 6.76. The molecule has 128 valence electrons. The summed E-state index contributed by atoms with van der Waals surface area (Å²) in [5.41, 5.74) is 2.65. The lowest BCUT2D eigenvalue weighted by Gasteiger charge is -2.06. The van der Waals surface area contributed by atoms with Gasteiger partial charge in [0.2, 0.25) is 5.91 Å². The van der Waals surface area contributed by atoms with Gasteiger partial charge in [-0.2, -0.15) is 0 Å². The van der Waals surface area contributed by atoms with Crippen molar-refractivity contribution in [2.75, 3.05) is 5.32 Å². The second-order valence-corrected chi connectivity index (χ2v) is 5.76. The van der Waals surface area contributed by atoms with Crippen molar-refractivity contribution in [2.24, 2.45) is 0 Å². The number of halogens is 1. The van der Waals surface area contributed by atoms with Crippen LogP contribution in [0.2, 0.25) is 0 Å². The van der Waals surface area contributed by atoms with E-state index >= 15 is 0 Å². The summed E-state index contributed by atoms with van der Waals surface area (Å²) in [4.78, 5) is 23.3. The van der Waals surface area contributed by atoms with Crippen molar-refractivity contribution in [1.29, 1.82) is 0 Å².